The van der Waals surface area contributed by atoms with Crippen LogP contribution >= 0.6 is 11.6 Å². The second-order valence-electron chi connectivity index (χ2n) is 3.03. The molecule has 0 unspecified atom stereocenters. The van der Waals surface area contributed by atoms with Crippen molar-refractivity contribution in [3.8, 4) is 11.6 Å². The summed E-state index contributed by atoms with van der Waals surface area (Å²) < 4.78 is 5.29. The fourth-order valence-corrected chi connectivity index (χ4v) is 1.34. The van der Waals surface area contributed by atoms with Crippen molar-refractivity contribution in [1.29, 1.82) is 0 Å². The van der Waals surface area contributed by atoms with E-state index in [1.807, 2.05) is 0 Å². The van der Waals surface area contributed by atoms with Crippen LogP contribution in [0.3, 0.4) is 0 Å². The van der Waals surface area contributed by atoms with Crippen molar-refractivity contribution in [3.63, 3.8) is 0 Å². The van der Waals surface area contributed by atoms with Gasteiger partial charge in [0.05, 0.1) is 23.3 Å². The third-order valence-corrected chi connectivity index (χ3v) is 2.02. The molecule has 2 aromatic rings. The van der Waals surface area contributed by atoms with E-state index in [4.69, 9.17) is 16.3 Å². The van der Waals surface area contributed by atoms with Crippen LogP contribution in [0.5, 0.6) is 11.6 Å². The van der Waals surface area contributed by atoms with Gasteiger partial charge in [-0.3, -0.25) is 15.1 Å². The van der Waals surface area contributed by atoms with Gasteiger partial charge in [-0.25, -0.2) is 4.98 Å². The minimum atomic E-state index is -0.566. The summed E-state index contributed by atoms with van der Waals surface area (Å²) in [5.74, 6) is 0.480. The average molecular weight is 252 g/mol. The van der Waals surface area contributed by atoms with Crippen molar-refractivity contribution >= 4 is 17.3 Å². The molecule has 86 valence electrons. The minimum Gasteiger partial charge on any atom is -0.437 e. The molecule has 17 heavy (non-hydrogen) atoms. The summed E-state index contributed by atoms with van der Waals surface area (Å²) in [6, 6.07) is 5.67. The lowest BCUT2D eigenvalue weighted by Crippen LogP contribution is -1.93. The standard InChI is InChI=1S/C10H6ClN3O3/c11-9-4-7(14(15)16)5-10(13-9)17-8-2-1-3-12-6-8/h1-6H. The van der Waals surface area contributed by atoms with E-state index in [0.29, 0.717) is 5.75 Å². The lowest BCUT2D eigenvalue weighted by molar-refractivity contribution is -0.385. The first-order valence-corrected chi connectivity index (χ1v) is 4.93. The molecule has 0 fully saturated rings. The second kappa shape index (κ2) is 4.75. The average Bonchev–Trinajstić information content (AvgIpc) is 2.29. The van der Waals surface area contributed by atoms with Gasteiger partial charge in [-0.05, 0) is 12.1 Å². The zero-order valence-electron chi connectivity index (χ0n) is 8.41. The van der Waals surface area contributed by atoms with Crippen LogP contribution in [0, 0.1) is 10.1 Å². The Bertz CT molecular complexity index is 548. The van der Waals surface area contributed by atoms with Crippen molar-refractivity contribution in [1.82, 2.24) is 9.97 Å². The molecule has 7 heteroatoms. The first-order chi connectivity index (χ1) is 8.15. The van der Waals surface area contributed by atoms with Crippen molar-refractivity contribution in [3.05, 3.63) is 51.9 Å². The Balaban J connectivity index is 2.30. The van der Waals surface area contributed by atoms with Gasteiger partial charge in [0.15, 0.2) is 0 Å². The fraction of sp³-hybridized carbons (Fsp3) is 0. The molecule has 6 nitrogen and oxygen atoms in total. The molecular weight excluding hydrogens is 246 g/mol. The highest BCUT2D eigenvalue weighted by molar-refractivity contribution is 6.29. The molecule has 0 aliphatic rings. The van der Waals surface area contributed by atoms with E-state index in [2.05, 4.69) is 9.97 Å². The summed E-state index contributed by atoms with van der Waals surface area (Å²) >= 11 is 5.65. The van der Waals surface area contributed by atoms with Crippen molar-refractivity contribution in [2.24, 2.45) is 0 Å². The fourth-order valence-electron chi connectivity index (χ4n) is 1.15. The Hall–Kier alpha value is -2.21. The Morgan fingerprint density at radius 3 is 2.88 bits per heavy atom. The highest BCUT2D eigenvalue weighted by Crippen LogP contribution is 2.25. The number of nitro groups is 1. The van der Waals surface area contributed by atoms with Crippen molar-refractivity contribution in [2.75, 3.05) is 0 Å². The Morgan fingerprint density at radius 2 is 2.24 bits per heavy atom. The largest absolute Gasteiger partial charge is 0.437 e. The number of pyridine rings is 2. The summed E-state index contributed by atoms with van der Waals surface area (Å²) in [6.07, 6.45) is 3.05. The van der Waals surface area contributed by atoms with Crippen LogP contribution in [0.4, 0.5) is 5.69 Å². The smallest absolute Gasteiger partial charge is 0.277 e. The number of rotatable bonds is 3. The van der Waals surface area contributed by atoms with Crippen LogP contribution in [-0.2, 0) is 0 Å². The van der Waals surface area contributed by atoms with Gasteiger partial charge in [-0.2, -0.15) is 0 Å². The summed E-state index contributed by atoms with van der Waals surface area (Å²) in [4.78, 5) is 17.7. The molecule has 0 atom stereocenters. The molecule has 0 N–H and O–H groups in total. The number of halogens is 1. The highest BCUT2D eigenvalue weighted by atomic mass is 35.5. The molecule has 0 radical (unpaired) electrons. The monoisotopic (exact) mass is 251 g/mol. The van der Waals surface area contributed by atoms with Gasteiger partial charge < -0.3 is 4.74 Å². The van der Waals surface area contributed by atoms with Crippen LogP contribution in [0.2, 0.25) is 5.15 Å². The van der Waals surface area contributed by atoms with Gasteiger partial charge >= 0.3 is 0 Å². The molecule has 0 aliphatic carbocycles. The van der Waals surface area contributed by atoms with E-state index in [0.717, 1.165) is 6.07 Å². The number of aromatic nitrogens is 2. The van der Waals surface area contributed by atoms with E-state index in [-0.39, 0.29) is 16.7 Å². The Morgan fingerprint density at radius 1 is 1.41 bits per heavy atom. The Kier molecular flexibility index (Phi) is 3.15. The predicted molar refractivity (Wildman–Crippen MR) is 60.2 cm³/mol. The molecule has 2 heterocycles. The number of hydrogen-bond acceptors (Lipinski definition) is 5. The van der Waals surface area contributed by atoms with Gasteiger partial charge in [0, 0.05) is 6.20 Å². The molecule has 0 saturated heterocycles. The van der Waals surface area contributed by atoms with E-state index in [1.165, 1.54) is 12.3 Å². The maximum Gasteiger partial charge on any atom is 0.277 e. The molecule has 2 aromatic heterocycles. The van der Waals surface area contributed by atoms with Crippen LogP contribution < -0.4 is 4.74 Å². The molecule has 0 amide bonds. The molecule has 0 aliphatic heterocycles. The molecule has 0 bridgehead atoms. The van der Waals surface area contributed by atoms with Gasteiger partial charge in [-0.1, -0.05) is 11.6 Å². The van der Waals surface area contributed by atoms with Crippen LogP contribution in [-0.4, -0.2) is 14.9 Å². The second-order valence-corrected chi connectivity index (χ2v) is 3.42. The quantitative estimate of drug-likeness (QED) is 0.476. The maximum absolute atomic E-state index is 10.6. The summed E-state index contributed by atoms with van der Waals surface area (Å²) in [5.41, 5.74) is -0.177. The summed E-state index contributed by atoms with van der Waals surface area (Å²) in [6.45, 7) is 0. The topological polar surface area (TPSA) is 78.2 Å². The predicted octanol–water partition coefficient (Wildman–Crippen LogP) is 2.83. The lowest BCUT2D eigenvalue weighted by Gasteiger charge is -2.03. The van der Waals surface area contributed by atoms with Gasteiger partial charge in [0.25, 0.3) is 5.69 Å². The highest BCUT2D eigenvalue weighted by Gasteiger charge is 2.11. The minimum absolute atomic E-state index is 0.00177. The molecule has 2 rings (SSSR count). The number of nitrogens with zero attached hydrogens (tertiary/aromatic N) is 3. The first kappa shape index (κ1) is 11.3. The Labute approximate surface area is 101 Å². The zero-order chi connectivity index (χ0) is 12.3. The normalized spacial score (nSPS) is 9.94. The van der Waals surface area contributed by atoms with E-state index < -0.39 is 4.92 Å². The molecule has 0 saturated carbocycles. The SMILES string of the molecule is O=[N+]([O-])c1cc(Cl)nc(Oc2cccnc2)c1. The van der Waals surface area contributed by atoms with Gasteiger partial charge in [-0.15, -0.1) is 0 Å². The first-order valence-electron chi connectivity index (χ1n) is 4.55. The van der Waals surface area contributed by atoms with E-state index >= 15 is 0 Å². The summed E-state index contributed by atoms with van der Waals surface area (Å²) in [7, 11) is 0. The lowest BCUT2D eigenvalue weighted by atomic mass is 10.4. The van der Waals surface area contributed by atoms with Gasteiger partial charge in [0.1, 0.15) is 10.9 Å². The van der Waals surface area contributed by atoms with Crippen molar-refractivity contribution < 1.29 is 9.66 Å². The van der Waals surface area contributed by atoms with Crippen LogP contribution in [0.25, 0.3) is 0 Å². The van der Waals surface area contributed by atoms with Crippen molar-refractivity contribution in [2.45, 2.75) is 0 Å². The number of ether oxygens (including phenoxy) is 1. The van der Waals surface area contributed by atoms with E-state index in [1.54, 1.807) is 18.3 Å². The third-order valence-electron chi connectivity index (χ3n) is 1.82. The zero-order valence-corrected chi connectivity index (χ0v) is 9.16. The van der Waals surface area contributed by atoms with Gasteiger partial charge in [0.2, 0.25) is 5.88 Å². The molecule has 0 aromatic carbocycles. The number of hydrogen-bond donors (Lipinski definition) is 0. The maximum atomic E-state index is 10.6. The molecular formula is C10H6ClN3O3. The molecule has 0 spiro atoms. The third kappa shape index (κ3) is 2.88. The van der Waals surface area contributed by atoms with Crippen LogP contribution in [0.1, 0.15) is 0 Å². The summed E-state index contributed by atoms with van der Waals surface area (Å²) in [5, 5.41) is 10.6. The van der Waals surface area contributed by atoms with E-state index in [9.17, 15) is 10.1 Å². The van der Waals surface area contributed by atoms with Crippen LogP contribution in [0.15, 0.2) is 36.7 Å².